The van der Waals surface area contributed by atoms with E-state index in [0.29, 0.717) is 12.2 Å². The van der Waals surface area contributed by atoms with Gasteiger partial charge in [-0.2, -0.15) is 0 Å². The predicted octanol–water partition coefficient (Wildman–Crippen LogP) is 3.47. The Morgan fingerprint density at radius 3 is 2.65 bits per heavy atom. The summed E-state index contributed by atoms with van der Waals surface area (Å²) in [4.78, 5) is 12.5. The molecule has 0 heterocycles. The first-order chi connectivity index (χ1) is 9.75. The van der Waals surface area contributed by atoms with E-state index in [0.717, 1.165) is 24.8 Å². The first-order valence-electron chi connectivity index (χ1n) is 7.50. The second-order valence-electron chi connectivity index (χ2n) is 5.84. The molecule has 1 aliphatic carbocycles. The molecule has 2 heteroatoms. The van der Waals surface area contributed by atoms with Crippen LogP contribution in [0.25, 0.3) is 10.8 Å². The van der Waals surface area contributed by atoms with Crippen LogP contribution >= 0.6 is 0 Å². The first-order valence-corrected chi connectivity index (χ1v) is 7.50. The number of nitrogens with two attached hydrogens (primary N) is 1. The van der Waals surface area contributed by atoms with Gasteiger partial charge in [0.05, 0.1) is 0 Å². The Morgan fingerprint density at radius 1 is 1.05 bits per heavy atom. The fourth-order valence-corrected chi connectivity index (χ4v) is 3.32. The molecule has 0 amide bonds. The van der Waals surface area contributed by atoms with Gasteiger partial charge in [0.25, 0.3) is 0 Å². The smallest absolute Gasteiger partial charge is 0.141 e. The van der Waals surface area contributed by atoms with Gasteiger partial charge in [-0.3, -0.25) is 4.79 Å². The van der Waals surface area contributed by atoms with Crippen LogP contribution in [0.1, 0.15) is 31.2 Å². The van der Waals surface area contributed by atoms with Crippen molar-refractivity contribution in [2.75, 3.05) is 0 Å². The maximum absolute atomic E-state index is 12.5. The molecule has 0 radical (unpaired) electrons. The van der Waals surface area contributed by atoms with Crippen molar-refractivity contribution >= 4 is 16.6 Å². The van der Waals surface area contributed by atoms with E-state index in [1.165, 1.54) is 17.2 Å². The molecule has 2 nitrogen and oxygen atoms in total. The molecular weight excluding hydrogens is 246 g/mol. The summed E-state index contributed by atoms with van der Waals surface area (Å²) in [6.45, 7) is 0. The Kier molecular flexibility index (Phi) is 3.83. The zero-order valence-electron chi connectivity index (χ0n) is 11.7. The minimum atomic E-state index is 0.0581. The molecule has 2 N–H and O–H groups in total. The van der Waals surface area contributed by atoms with Gasteiger partial charge in [0.15, 0.2) is 0 Å². The van der Waals surface area contributed by atoms with Crippen molar-refractivity contribution in [1.29, 1.82) is 0 Å². The lowest BCUT2D eigenvalue weighted by molar-refractivity contribution is -0.123. The molecule has 1 fully saturated rings. The van der Waals surface area contributed by atoms with Gasteiger partial charge in [0.2, 0.25) is 0 Å². The van der Waals surface area contributed by atoms with E-state index >= 15 is 0 Å². The molecule has 0 spiro atoms. The molecule has 2 aromatic carbocycles. The fraction of sp³-hybridized carbons (Fsp3) is 0.389. The van der Waals surface area contributed by atoms with Crippen molar-refractivity contribution < 1.29 is 4.79 Å². The highest BCUT2D eigenvalue weighted by Gasteiger charge is 2.28. The van der Waals surface area contributed by atoms with E-state index in [1.54, 1.807) is 0 Å². The van der Waals surface area contributed by atoms with Crippen LogP contribution in [0, 0.1) is 5.92 Å². The Labute approximate surface area is 120 Å². The van der Waals surface area contributed by atoms with E-state index in [4.69, 9.17) is 5.73 Å². The average molecular weight is 267 g/mol. The van der Waals surface area contributed by atoms with Gasteiger partial charge in [0.1, 0.15) is 5.78 Å². The van der Waals surface area contributed by atoms with Crippen LogP contribution in [-0.2, 0) is 11.2 Å². The van der Waals surface area contributed by atoms with Crippen LogP contribution < -0.4 is 5.73 Å². The maximum Gasteiger partial charge on any atom is 0.141 e. The highest BCUT2D eigenvalue weighted by molar-refractivity contribution is 5.91. The lowest BCUT2D eigenvalue weighted by Gasteiger charge is -2.27. The Bertz CT molecular complexity index is 614. The summed E-state index contributed by atoms with van der Waals surface area (Å²) in [5.74, 6) is 0.372. The standard InChI is InChI=1S/C18H21NO/c19-17-11-4-3-10-16(17)18(20)12-14-8-5-7-13-6-1-2-9-15(13)14/h1-2,5-9,16-17H,3-4,10-12,19H2. The van der Waals surface area contributed by atoms with Crippen molar-refractivity contribution in [3.63, 3.8) is 0 Å². The number of carbonyl (C=O) groups is 1. The number of rotatable bonds is 3. The minimum Gasteiger partial charge on any atom is -0.327 e. The lowest BCUT2D eigenvalue weighted by Crippen LogP contribution is -2.38. The largest absolute Gasteiger partial charge is 0.327 e. The Balaban J connectivity index is 1.84. The SMILES string of the molecule is NC1CCCCC1C(=O)Cc1cccc2ccccc12. The van der Waals surface area contributed by atoms with Gasteiger partial charge < -0.3 is 5.73 Å². The second kappa shape index (κ2) is 5.76. The third kappa shape index (κ3) is 2.61. The number of hydrogen-bond acceptors (Lipinski definition) is 2. The summed E-state index contributed by atoms with van der Waals surface area (Å²) in [7, 11) is 0. The average Bonchev–Trinajstić information content (AvgIpc) is 2.48. The van der Waals surface area contributed by atoms with Crippen LogP contribution in [0.2, 0.25) is 0 Å². The van der Waals surface area contributed by atoms with Gasteiger partial charge >= 0.3 is 0 Å². The number of ketones is 1. The van der Waals surface area contributed by atoms with Gasteiger partial charge in [-0.1, -0.05) is 55.3 Å². The summed E-state index contributed by atoms with van der Waals surface area (Å²) in [6, 6.07) is 14.5. The molecule has 104 valence electrons. The van der Waals surface area contributed by atoms with E-state index in [-0.39, 0.29) is 12.0 Å². The van der Waals surface area contributed by atoms with Crippen LogP contribution in [0.4, 0.5) is 0 Å². The topological polar surface area (TPSA) is 43.1 Å². The summed E-state index contributed by atoms with van der Waals surface area (Å²) in [5, 5.41) is 2.39. The van der Waals surface area contributed by atoms with Crippen LogP contribution in [-0.4, -0.2) is 11.8 Å². The Morgan fingerprint density at radius 2 is 1.80 bits per heavy atom. The number of carbonyl (C=O) groups excluding carboxylic acids is 1. The zero-order chi connectivity index (χ0) is 13.9. The van der Waals surface area contributed by atoms with E-state index < -0.39 is 0 Å². The summed E-state index contributed by atoms with van der Waals surface area (Å²) in [6.07, 6.45) is 4.77. The van der Waals surface area contributed by atoms with E-state index in [9.17, 15) is 4.79 Å². The predicted molar refractivity (Wildman–Crippen MR) is 82.6 cm³/mol. The number of fused-ring (bicyclic) bond motifs is 1. The first kappa shape index (κ1) is 13.3. The van der Waals surface area contributed by atoms with Gasteiger partial charge in [-0.15, -0.1) is 0 Å². The number of Topliss-reactive ketones (excluding diaryl/α,β-unsaturated/α-hetero) is 1. The molecule has 3 rings (SSSR count). The van der Waals surface area contributed by atoms with Gasteiger partial charge in [-0.05, 0) is 29.2 Å². The van der Waals surface area contributed by atoms with Crippen molar-refractivity contribution in [2.45, 2.75) is 38.1 Å². The third-order valence-electron chi connectivity index (χ3n) is 4.48. The molecule has 0 aromatic heterocycles. The maximum atomic E-state index is 12.5. The van der Waals surface area contributed by atoms with Crippen LogP contribution in [0.3, 0.4) is 0 Å². The molecule has 2 aromatic rings. The van der Waals surface area contributed by atoms with E-state index in [2.05, 4.69) is 24.3 Å². The second-order valence-corrected chi connectivity index (χ2v) is 5.84. The summed E-state index contributed by atoms with van der Waals surface area (Å²) >= 11 is 0. The summed E-state index contributed by atoms with van der Waals surface area (Å²) in [5.41, 5.74) is 7.26. The molecule has 20 heavy (non-hydrogen) atoms. The van der Waals surface area contributed by atoms with Crippen molar-refractivity contribution in [1.82, 2.24) is 0 Å². The highest BCUT2D eigenvalue weighted by Crippen LogP contribution is 2.26. The Hall–Kier alpha value is -1.67. The van der Waals surface area contributed by atoms with Crippen molar-refractivity contribution in [3.05, 3.63) is 48.0 Å². The minimum absolute atomic E-state index is 0.0581. The van der Waals surface area contributed by atoms with Crippen LogP contribution in [0.5, 0.6) is 0 Å². The van der Waals surface area contributed by atoms with E-state index in [1.807, 2.05) is 18.2 Å². The fourth-order valence-electron chi connectivity index (χ4n) is 3.32. The van der Waals surface area contributed by atoms with Gasteiger partial charge in [0, 0.05) is 18.4 Å². The van der Waals surface area contributed by atoms with Crippen LogP contribution in [0.15, 0.2) is 42.5 Å². The normalized spacial score (nSPS) is 22.9. The number of hydrogen-bond donors (Lipinski definition) is 1. The molecule has 2 atom stereocenters. The zero-order valence-corrected chi connectivity index (χ0v) is 11.7. The third-order valence-corrected chi connectivity index (χ3v) is 4.48. The van der Waals surface area contributed by atoms with Crippen molar-refractivity contribution in [3.8, 4) is 0 Å². The summed E-state index contributed by atoms with van der Waals surface area (Å²) < 4.78 is 0. The highest BCUT2D eigenvalue weighted by atomic mass is 16.1. The molecule has 0 saturated heterocycles. The lowest BCUT2D eigenvalue weighted by atomic mass is 9.80. The molecule has 0 bridgehead atoms. The molecular formula is C18H21NO. The quantitative estimate of drug-likeness (QED) is 0.925. The molecule has 1 saturated carbocycles. The molecule has 0 aliphatic heterocycles. The monoisotopic (exact) mass is 267 g/mol. The van der Waals surface area contributed by atoms with Crippen molar-refractivity contribution in [2.24, 2.45) is 11.7 Å². The number of benzene rings is 2. The molecule has 1 aliphatic rings. The molecule has 2 unspecified atom stereocenters. The van der Waals surface area contributed by atoms with Gasteiger partial charge in [-0.25, -0.2) is 0 Å².